The highest BCUT2D eigenvalue weighted by atomic mass is 35.5. The summed E-state index contributed by atoms with van der Waals surface area (Å²) >= 11 is 7.56. The molecule has 25 heavy (non-hydrogen) atoms. The molecule has 0 bridgehead atoms. The topological polar surface area (TPSA) is 77.5 Å². The summed E-state index contributed by atoms with van der Waals surface area (Å²) in [5.41, 5.74) is 0.426. The maximum atomic E-state index is 12.5. The Bertz CT molecular complexity index is 1070. The van der Waals surface area contributed by atoms with Gasteiger partial charge in [0.05, 0.1) is 20.2 Å². The lowest BCUT2D eigenvalue weighted by molar-refractivity contribution is -0.385. The van der Waals surface area contributed by atoms with Gasteiger partial charge in [-0.1, -0.05) is 47.2 Å². The molecule has 0 radical (unpaired) electrons. The van der Waals surface area contributed by atoms with E-state index in [-0.39, 0.29) is 11.3 Å². The summed E-state index contributed by atoms with van der Waals surface area (Å²) in [5.74, 6) is -0.673. The number of para-hydroxylation sites is 2. The van der Waals surface area contributed by atoms with E-state index in [1.54, 1.807) is 22.8 Å². The normalized spacial score (nSPS) is 11.6. The molecule has 0 aliphatic carbocycles. The quantitative estimate of drug-likeness (QED) is 0.391. The van der Waals surface area contributed by atoms with E-state index in [2.05, 4.69) is 11.6 Å². The van der Waals surface area contributed by atoms with Crippen molar-refractivity contribution in [1.29, 1.82) is 0 Å². The number of aromatic nitrogens is 1. The van der Waals surface area contributed by atoms with Crippen LogP contribution in [0.25, 0.3) is 10.2 Å². The molecule has 0 aliphatic heterocycles. The van der Waals surface area contributed by atoms with Crippen LogP contribution in [-0.4, -0.2) is 15.4 Å². The van der Waals surface area contributed by atoms with Crippen LogP contribution in [0.5, 0.6) is 0 Å². The van der Waals surface area contributed by atoms with Gasteiger partial charge in [0.15, 0.2) is 4.80 Å². The molecule has 0 saturated carbocycles. The number of fused-ring (bicyclic) bond motifs is 1. The Morgan fingerprint density at radius 3 is 2.80 bits per heavy atom. The molecular weight excluding hydrogens is 362 g/mol. The van der Waals surface area contributed by atoms with Gasteiger partial charge in [-0.2, -0.15) is 4.99 Å². The predicted molar refractivity (Wildman–Crippen MR) is 98.0 cm³/mol. The minimum atomic E-state index is -0.673. The lowest BCUT2D eigenvalue weighted by Gasteiger charge is -2.02. The molecule has 0 unspecified atom stereocenters. The maximum absolute atomic E-state index is 12.5. The summed E-state index contributed by atoms with van der Waals surface area (Å²) in [6.45, 7) is 4.12. The predicted octanol–water partition coefficient (Wildman–Crippen LogP) is 4.19. The summed E-state index contributed by atoms with van der Waals surface area (Å²) in [6, 6.07) is 11.2. The zero-order valence-electron chi connectivity index (χ0n) is 12.9. The standard InChI is InChI=1S/C17H12ClN3O3S/c1-2-10-20-15-12(18)7-5-9-14(15)25-17(20)19-16(22)11-6-3-4-8-13(11)21(23)24/h2-9H,1,10H2. The molecule has 1 aromatic heterocycles. The van der Waals surface area contributed by atoms with Crippen LogP contribution in [0.4, 0.5) is 5.69 Å². The minimum Gasteiger partial charge on any atom is -0.311 e. The van der Waals surface area contributed by atoms with Gasteiger partial charge < -0.3 is 4.57 Å². The first-order chi connectivity index (χ1) is 12.0. The van der Waals surface area contributed by atoms with Gasteiger partial charge in [0.2, 0.25) is 0 Å². The van der Waals surface area contributed by atoms with Crippen molar-refractivity contribution >= 4 is 44.7 Å². The van der Waals surface area contributed by atoms with Gasteiger partial charge in [-0.05, 0) is 18.2 Å². The van der Waals surface area contributed by atoms with Crippen molar-refractivity contribution in [3.05, 3.63) is 80.6 Å². The number of thiazole rings is 1. The summed E-state index contributed by atoms with van der Waals surface area (Å²) < 4.78 is 2.63. The van der Waals surface area contributed by atoms with Crippen LogP contribution in [0.3, 0.4) is 0 Å². The van der Waals surface area contributed by atoms with Crippen molar-refractivity contribution in [2.45, 2.75) is 6.54 Å². The maximum Gasteiger partial charge on any atom is 0.286 e. The molecule has 0 N–H and O–H groups in total. The molecule has 0 spiro atoms. The lowest BCUT2D eigenvalue weighted by atomic mass is 10.2. The number of allylic oxidation sites excluding steroid dienone is 1. The number of carbonyl (C=O) groups is 1. The van der Waals surface area contributed by atoms with Crippen LogP contribution in [0.15, 0.2) is 60.1 Å². The van der Waals surface area contributed by atoms with Crippen LogP contribution in [-0.2, 0) is 6.54 Å². The average molecular weight is 374 g/mol. The Morgan fingerprint density at radius 2 is 2.08 bits per heavy atom. The van der Waals surface area contributed by atoms with E-state index >= 15 is 0 Å². The molecule has 0 atom stereocenters. The number of hydrogen-bond donors (Lipinski definition) is 0. The van der Waals surface area contributed by atoms with Gasteiger partial charge in [0.25, 0.3) is 11.6 Å². The van der Waals surface area contributed by atoms with E-state index in [0.717, 1.165) is 10.2 Å². The molecular formula is C17H12ClN3O3S. The fourth-order valence-electron chi connectivity index (χ4n) is 2.43. The van der Waals surface area contributed by atoms with Crippen LogP contribution in [0, 0.1) is 10.1 Å². The van der Waals surface area contributed by atoms with Gasteiger partial charge in [-0.25, -0.2) is 0 Å². The summed E-state index contributed by atoms with van der Waals surface area (Å²) in [5, 5.41) is 11.6. The van der Waals surface area contributed by atoms with Gasteiger partial charge in [0.1, 0.15) is 5.56 Å². The van der Waals surface area contributed by atoms with Crippen LogP contribution in [0.2, 0.25) is 5.02 Å². The van der Waals surface area contributed by atoms with Crippen LogP contribution >= 0.6 is 22.9 Å². The summed E-state index contributed by atoms with van der Waals surface area (Å²) in [6.07, 6.45) is 1.67. The number of nitrogens with zero attached hydrogens (tertiary/aromatic N) is 3. The van der Waals surface area contributed by atoms with Gasteiger partial charge >= 0.3 is 0 Å². The second-order valence-electron chi connectivity index (χ2n) is 5.06. The van der Waals surface area contributed by atoms with Gasteiger partial charge in [0, 0.05) is 12.6 Å². The second kappa shape index (κ2) is 7.00. The minimum absolute atomic E-state index is 0.0544. The number of halogens is 1. The Labute approximate surface area is 151 Å². The number of carbonyl (C=O) groups excluding carboxylic acids is 1. The third kappa shape index (κ3) is 3.24. The molecule has 6 nitrogen and oxygen atoms in total. The Hall–Kier alpha value is -2.77. The monoisotopic (exact) mass is 373 g/mol. The number of benzene rings is 2. The highest BCUT2D eigenvalue weighted by Crippen LogP contribution is 2.25. The van der Waals surface area contributed by atoms with E-state index in [1.807, 2.05) is 12.1 Å². The van der Waals surface area contributed by atoms with Gasteiger partial charge in [-0.3, -0.25) is 14.9 Å². The van der Waals surface area contributed by atoms with Crippen molar-refractivity contribution in [1.82, 2.24) is 4.57 Å². The molecule has 3 aromatic rings. The number of hydrogen-bond acceptors (Lipinski definition) is 4. The van der Waals surface area contributed by atoms with E-state index in [1.165, 1.54) is 29.5 Å². The van der Waals surface area contributed by atoms with E-state index < -0.39 is 10.8 Å². The Kier molecular flexibility index (Phi) is 4.78. The summed E-state index contributed by atoms with van der Waals surface area (Å²) in [7, 11) is 0. The van der Waals surface area contributed by atoms with Crippen molar-refractivity contribution in [3.63, 3.8) is 0 Å². The summed E-state index contributed by atoms with van der Waals surface area (Å²) in [4.78, 5) is 27.5. The second-order valence-corrected chi connectivity index (χ2v) is 6.48. The molecule has 0 aliphatic rings. The number of nitro benzene ring substituents is 1. The number of nitro groups is 1. The third-order valence-corrected chi connectivity index (χ3v) is 4.84. The Morgan fingerprint density at radius 1 is 1.32 bits per heavy atom. The molecule has 2 aromatic carbocycles. The van der Waals surface area contributed by atoms with Crippen LogP contribution in [0.1, 0.15) is 10.4 Å². The average Bonchev–Trinajstić information content (AvgIpc) is 2.94. The molecule has 126 valence electrons. The zero-order valence-corrected chi connectivity index (χ0v) is 14.5. The highest BCUT2D eigenvalue weighted by Gasteiger charge is 2.19. The molecule has 8 heteroatoms. The lowest BCUT2D eigenvalue weighted by Crippen LogP contribution is -2.16. The first kappa shape index (κ1) is 17.1. The van der Waals surface area contributed by atoms with Crippen molar-refractivity contribution in [2.75, 3.05) is 0 Å². The van der Waals surface area contributed by atoms with Crippen LogP contribution < -0.4 is 4.80 Å². The van der Waals surface area contributed by atoms with Crippen molar-refractivity contribution in [3.8, 4) is 0 Å². The smallest absolute Gasteiger partial charge is 0.286 e. The number of amides is 1. The fourth-order valence-corrected chi connectivity index (χ4v) is 3.83. The Balaban J connectivity index is 2.21. The molecule has 3 rings (SSSR count). The number of rotatable bonds is 4. The SMILES string of the molecule is C=CCn1c(=NC(=O)c2ccccc2[N+](=O)[O-])sc2cccc(Cl)c21. The largest absolute Gasteiger partial charge is 0.311 e. The third-order valence-electron chi connectivity index (χ3n) is 3.49. The van der Waals surface area contributed by atoms with E-state index in [0.29, 0.717) is 16.4 Å². The fraction of sp³-hybridized carbons (Fsp3) is 0.0588. The zero-order chi connectivity index (χ0) is 18.0. The molecule has 0 fully saturated rings. The molecule has 0 saturated heterocycles. The molecule has 1 heterocycles. The van der Waals surface area contributed by atoms with E-state index in [9.17, 15) is 14.9 Å². The van der Waals surface area contributed by atoms with E-state index in [4.69, 9.17) is 11.6 Å². The van der Waals surface area contributed by atoms with Crippen molar-refractivity contribution < 1.29 is 9.72 Å². The first-order valence-corrected chi connectivity index (χ1v) is 8.43. The first-order valence-electron chi connectivity index (χ1n) is 7.24. The highest BCUT2D eigenvalue weighted by molar-refractivity contribution is 7.16. The van der Waals surface area contributed by atoms with Gasteiger partial charge in [-0.15, -0.1) is 6.58 Å². The molecule has 1 amide bonds. The van der Waals surface area contributed by atoms with Crippen molar-refractivity contribution in [2.24, 2.45) is 4.99 Å².